The molecule has 5 heteroatoms. The fraction of sp³-hybridized carbons (Fsp3) is 0.529. The van der Waals surface area contributed by atoms with Gasteiger partial charge in [0.05, 0.1) is 11.6 Å². The number of methoxy groups -OCH3 is 1. The van der Waals surface area contributed by atoms with Crippen molar-refractivity contribution >= 4 is 43.1 Å². The van der Waals surface area contributed by atoms with Crippen molar-refractivity contribution in [1.82, 2.24) is 4.90 Å². The van der Waals surface area contributed by atoms with E-state index in [-0.39, 0.29) is 0 Å². The van der Waals surface area contributed by atoms with Crippen LogP contribution in [0.15, 0.2) is 22.7 Å². The summed E-state index contributed by atoms with van der Waals surface area (Å²) in [6, 6.07) is 5.00. The number of halogens is 2. The average molecular weight is 428 g/mol. The number of likely N-dealkylation sites (N-methyl/N-ethyl adjacent to an activating group) is 1. The number of nitrogens with zero attached hydrogens (tertiary/aromatic N) is 1. The first-order valence-electron chi connectivity index (χ1n) is 7.73. The molecule has 1 aromatic rings. The summed E-state index contributed by atoms with van der Waals surface area (Å²) >= 11 is 7.50. The van der Waals surface area contributed by atoms with Crippen molar-refractivity contribution in [2.45, 2.75) is 23.3 Å². The van der Waals surface area contributed by atoms with Crippen LogP contribution in [0.4, 0.5) is 5.69 Å². The van der Waals surface area contributed by atoms with E-state index in [9.17, 15) is 0 Å². The smallest absolute Gasteiger partial charge is 0.0888 e. The van der Waals surface area contributed by atoms with Gasteiger partial charge in [0.25, 0.3) is 0 Å². The number of fused-ring (bicyclic) bond motifs is 2. The summed E-state index contributed by atoms with van der Waals surface area (Å²) in [6.07, 6.45) is 3.63. The SMILES string of the molecule is COC[C@@H]1C=C2c3cc(Br)cc4c3C(C[C@H]2N(C)C1)C(Br)N4. The van der Waals surface area contributed by atoms with E-state index in [0.717, 1.165) is 17.6 Å². The zero-order chi connectivity index (χ0) is 15.4. The van der Waals surface area contributed by atoms with E-state index in [0.29, 0.717) is 22.8 Å². The summed E-state index contributed by atoms with van der Waals surface area (Å²) in [6.45, 7) is 1.87. The Morgan fingerprint density at radius 3 is 3.00 bits per heavy atom. The molecule has 2 unspecified atom stereocenters. The average Bonchev–Trinajstić information content (AvgIpc) is 2.77. The zero-order valence-corrected chi connectivity index (χ0v) is 15.9. The first-order chi connectivity index (χ1) is 10.6. The summed E-state index contributed by atoms with van der Waals surface area (Å²) in [4.78, 5) is 2.84. The van der Waals surface area contributed by atoms with Gasteiger partial charge in [0.15, 0.2) is 0 Å². The van der Waals surface area contributed by atoms with Gasteiger partial charge < -0.3 is 10.1 Å². The van der Waals surface area contributed by atoms with Gasteiger partial charge in [0, 0.05) is 41.7 Å². The third-order valence-electron chi connectivity index (χ3n) is 5.16. The zero-order valence-electron chi connectivity index (χ0n) is 12.8. The maximum absolute atomic E-state index is 5.39. The Hall–Kier alpha value is -0.360. The summed E-state index contributed by atoms with van der Waals surface area (Å²) in [5.74, 6) is 1.02. The van der Waals surface area contributed by atoms with E-state index in [1.54, 1.807) is 7.11 Å². The third-order valence-corrected chi connectivity index (χ3v) is 6.48. The quantitative estimate of drug-likeness (QED) is 0.569. The van der Waals surface area contributed by atoms with Gasteiger partial charge in [-0.05, 0) is 42.3 Å². The van der Waals surface area contributed by atoms with Crippen molar-refractivity contribution in [1.29, 1.82) is 0 Å². The van der Waals surface area contributed by atoms with Crippen LogP contribution in [0.25, 0.3) is 5.57 Å². The van der Waals surface area contributed by atoms with Crippen LogP contribution in [0.5, 0.6) is 0 Å². The molecule has 4 rings (SSSR count). The molecule has 0 saturated heterocycles. The van der Waals surface area contributed by atoms with Crippen LogP contribution in [0.1, 0.15) is 23.5 Å². The highest BCUT2D eigenvalue weighted by molar-refractivity contribution is 9.10. The molecule has 2 aliphatic heterocycles. The fourth-order valence-corrected chi connectivity index (χ4v) is 5.48. The van der Waals surface area contributed by atoms with Gasteiger partial charge in [0.2, 0.25) is 0 Å². The van der Waals surface area contributed by atoms with Gasteiger partial charge in [-0.3, -0.25) is 4.90 Å². The lowest BCUT2D eigenvalue weighted by molar-refractivity contribution is 0.133. The minimum absolute atomic E-state index is 0.335. The van der Waals surface area contributed by atoms with Crippen LogP contribution < -0.4 is 5.32 Å². The number of anilines is 1. The van der Waals surface area contributed by atoms with Gasteiger partial charge in [-0.2, -0.15) is 0 Å². The number of alkyl halides is 1. The molecule has 0 fully saturated rings. The van der Waals surface area contributed by atoms with Crippen molar-refractivity contribution in [2.75, 3.05) is 32.6 Å². The van der Waals surface area contributed by atoms with E-state index >= 15 is 0 Å². The Morgan fingerprint density at radius 1 is 1.41 bits per heavy atom. The van der Waals surface area contributed by atoms with E-state index < -0.39 is 0 Å². The van der Waals surface area contributed by atoms with E-state index in [2.05, 4.69) is 67.3 Å². The fourth-order valence-electron chi connectivity index (χ4n) is 4.29. The first kappa shape index (κ1) is 15.2. The molecule has 3 nitrogen and oxygen atoms in total. The lowest BCUT2D eigenvalue weighted by atomic mass is 9.74. The molecular weight excluding hydrogens is 408 g/mol. The van der Waals surface area contributed by atoms with Gasteiger partial charge in [0.1, 0.15) is 0 Å². The Labute approximate surface area is 148 Å². The van der Waals surface area contributed by atoms with Crippen LogP contribution >= 0.6 is 31.9 Å². The lowest BCUT2D eigenvalue weighted by Gasteiger charge is -2.42. The number of hydrogen-bond acceptors (Lipinski definition) is 3. The molecule has 0 aromatic heterocycles. The molecule has 2 heterocycles. The van der Waals surface area contributed by atoms with Gasteiger partial charge in [-0.25, -0.2) is 0 Å². The highest BCUT2D eigenvalue weighted by atomic mass is 79.9. The molecule has 0 saturated carbocycles. The van der Waals surface area contributed by atoms with Crippen molar-refractivity contribution in [3.05, 3.63) is 33.8 Å². The van der Waals surface area contributed by atoms with E-state index in [1.165, 1.54) is 28.8 Å². The highest BCUT2D eigenvalue weighted by Gasteiger charge is 2.43. The summed E-state index contributed by atoms with van der Waals surface area (Å²) in [5, 5.41) is 3.60. The Morgan fingerprint density at radius 2 is 2.23 bits per heavy atom. The highest BCUT2D eigenvalue weighted by Crippen LogP contribution is 2.52. The molecule has 0 bridgehead atoms. The Kier molecular flexibility index (Phi) is 3.88. The predicted molar refractivity (Wildman–Crippen MR) is 97.6 cm³/mol. The van der Waals surface area contributed by atoms with Gasteiger partial charge in [-0.15, -0.1) is 0 Å². The number of rotatable bonds is 2. The van der Waals surface area contributed by atoms with E-state index in [1.807, 2.05) is 0 Å². The number of hydrogen-bond donors (Lipinski definition) is 1. The normalized spacial score (nSPS) is 33.0. The van der Waals surface area contributed by atoms with E-state index in [4.69, 9.17) is 4.74 Å². The molecular formula is C17H20Br2N2O. The van der Waals surface area contributed by atoms with Crippen molar-refractivity contribution < 1.29 is 4.74 Å². The van der Waals surface area contributed by atoms with Crippen molar-refractivity contribution in [3.8, 4) is 0 Å². The van der Waals surface area contributed by atoms with Crippen LogP contribution in [0.2, 0.25) is 0 Å². The molecule has 0 amide bonds. The Balaban J connectivity index is 1.86. The monoisotopic (exact) mass is 426 g/mol. The lowest BCUT2D eigenvalue weighted by Crippen LogP contribution is -2.44. The molecule has 1 aliphatic carbocycles. The topological polar surface area (TPSA) is 24.5 Å². The number of ether oxygens (including phenoxy) is 1. The molecule has 1 N–H and O–H groups in total. The van der Waals surface area contributed by atoms with Gasteiger partial charge >= 0.3 is 0 Å². The van der Waals surface area contributed by atoms with Crippen molar-refractivity contribution in [2.24, 2.45) is 5.92 Å². The Bertz CT molecular complexity index is 646. The molecule has 1 aromatic carbocycles. The minimum atomic E-state index is 0.335. The largest absolute Gasteiger partial charge is 0.384 e. The third kappa shape index (κ3) is 2.29. The maximum Gasteiger partial charge on any atom is 0.0888 e. The predicted octanol–water partition coefficient (Wildman–Crippen LogP) is 4.04. The maximum atomic E-state index is 5.39. The standard InChI is InChI=1S/C17H20Br2N2O/c1-21-7-9(8-22-2)3-11-12-4-10(18)5-14-16(12)13(6-15(11)21)17(19)20-14/h3-5,9,13,15,17,20H,6-8H2,1-2H3/t9-,13?,15-,17?/m1/s1. The molecule has 0 radical (unpaired) electrons. The summed E-state index contributed by atoms with van der Waals surface area (Å²) in [7, 11) is 4.04. The molecule has 22 heavy (non-hydrogen) atoms. The first-order valence-corrected chi connectivity index (χ1v) is 9.44. The van der Waals surface area contributed by atoms with Crippen LogP contribution in [-0.2, 0) is 4.74 Å². The molecule has 0 spiro atoms. The van der Waals surface area contributed by atoms with Crippen molar-refractivity contribution in [3.63, 3.8) is 0 Å². The summed E-state index contributed by atoms with van der Waals surface area (Å²) < 4.78 is 6.54. The second kappa shape index (κ2) is 5.62. The van der Waals surface area contributed by atoms with Crippen LogP contribution in [0, 0.1) is 5.92 Å². The second-order valence-electron chi connectivity index (χ2n) is 6.60. The second-order valence-corrected chi connectivity index (χ2v) is 8.50. The molecule has 3 aliphatic rings. The van der Waals surface area contributed by atoms with Gasteiger partial charge in [-0.1, -0.05) is 37.9 Å². The van der Waals surface area contributed by atoms with Crippen LogP contribution in [0.3, 0.4) is 0 Å². The molecule has 4 atom stereocenters. The minimum Gasteiger partial charge on any atom is -0.384 e. The van der Waals surface area contributed by atoms with Crippen LogP contribution in [-0.4, -0.2) is 43.2 Å². The number of nitrogens with one attached hydrogen (secondary N) is 1. The molecule has 118 valence electrons. The number of benzene rings is 1. The summed E-state index contributed by atoms with van der Waals surface area (Å²) in [5.41, 5.74) is 5.65.